The van der Waals surface area contributed by atoms with Crippen LogP contribution < -0.4 is 10.1 Å². The number of carbonyl (C=O) groups is 2. The van der Waals surface area contributed by atoms with Crippen LogP contribution in [0.1, 0.15) is 10.4 Å². The maximum atomic E-state index is 12.5. The molecule has 0 bridgehead atoms. The molecule has 2 N–H and O–H groups in total. The van der Waals surface area contributed by atoms with Crippen molar-refractivity contribution in [1.29, 1.82) is 0 Å². The van der Waals surface area contributed by atoms with Crippen molar-refractivity contribution in [3.63, 3.8) is 0 Å². The summed E-state index contributed by atoms with van der Waals surface area (Å²) in [6, 6.07) is 9.04. The Balaban J connectivity index is 1.98. The third-order valence-electron chi connectivity index (χ3n) is 3.34. The molecule has 0 aliphatic carbocycles. The van der Waals surface area contributed by atoms with Crippen LogP contribution in [0.3, 0.4) is 0 Å². The zero-order valence-corrected chi connectivity index (χ0v) is 12.2. The molecular weight excluding hydrogens is 314 g/mol. The Bertz CT molecular complexity index is 850. The van der Waals surface area contributed by atoms with E-state index in [9.17, 15) is 20.0 Å². The molecule has 3 rings (SSSR count). The number of nitrogens with zero attached hydrogens (tertiary/aromatic N) is 4. The second-order valence-corrected chi connectivity index (χ2v) is 4.75. The minimum atomic E-state index is -0.703. The average molecular weight is 325 g/mol. The predicted octanol–water partition coefficient (Wildman–Crippen LogP) is 0.966. The molecule has 0 radical (unpaired) electrons. The molecule has 2 aromatic rings. The molecule has 1 amide bonds. The van der Waals surface area contributed by atoms with Crippen molar-refractivity contribution in [2.75, 3.05) is 5.06 Å². The Morgan fingerprint density at radius 1 is 1.25 bits per heavy atom. The lowest BCUT2D eigenvalue weighted by Crippen LogP contribution is -3.01. The van der Waals surface area contributed by atoms with Crippen molar-refractivity contribution in [1.82, 2.24) is 4.98 Å². The standard InChI is InChI=1S/C15H11N5O4/c21-9-13-14(17-18-15(22)10-5-7-16-8-6-10)20(24)12-4-2-1-3-11(12)19(13)23/h1-9,20,23H. The number of anilines is 1. The molecule has 0 saturated heterocycles. The normalized spacial score (nSPS) is 17.1. The van der Waals surface area contributed by atoms with E-state index >= 15 is 0 Å². The van der Waals surface area contributed by atoms with Gasteiger partial charge in [0.2, 0.25) is 0 Å². The number of nitrogens with one attached hydrogen (secondary N) is 1. The summed E-state index contributed by atoms with van der Waals surface area (Å²) in [6.45, 7) is 0. The first-order chi connectivity index (χ1) is 11.6. The Morgan fingerprint density at radius 3 is 2.67 bits per heavy atom. The van der Waals surface area contributed by atoms with Crippen LogP contribution in [0.5, 0.6) is 0 Å². The second-order valence-electron chi connectivity index (χ2n) is 4.75. The van der Waals surface area contributed by atoms with Gasteiger partial charge >= 0.3 is 0 Å². The van der Waals surface area contributed by atoms with E-state index in [0.717, 1.165) is 0 Å². The number of azo groups is 1. The van der Waals surface area contributed by atoms with Crippen LogP contribution in [0, 0.1) is 5.21 Å². The minimum Gasteiger partial charge on any atom is -0.622 e. The molecule has 1 unspecified atom stereocenters. The van der Waals surface area contributed by atoms with E-state index in [0.29, 0.717) is 5.06 Å². The molecule has 0 fully saturated rings. The summed E-state index contributed by atoms with van der Waals surface area (Å²) < 4.78 is 0. The van der Waals surface area contributed by atoms with Crippen molar-refractivity contribution in [2.45, 2.75) is 0 Å². The van der Waals surface area contributed by atoms with Gasteiger partial charge in [0.15, 0.2) is 17.7 Å². The third-order valence-corrected chi connectivity index (χ3v) is 3.34. The van der Waals surface area contributed by atoms with Crippen molar-refractivity contribution >= 4 is 23.6 Å². The fraction of sp³-hybridized carbons (Fsp3) is 0. The van der Waals surface area contributed by atoms with Crippen molar-refractivity contribution in [2.24, 2.45) is 10.2 Å². The van der Waals surface area contributed by atoms with E-state index < -0.39 is 16.8 Å². The summed E-state index contributed by atoms with van der Waals surface area (Å²) in [4.78, 5) is 26.9. The van der Waals surface area contributed by atoms with E-state index in [1.54, 1.807) is 12.1 Å². The Morgan fingerprint density at radius 2 is 1.96 bits per heavy atom. The highest BCUT2D eigenvalue weighted by molar-refractivity contribution is 5.94. The van der Waals surface area contributed by atoms with Crippen molar-refractivity contribution in [3.05, 3.63) is 71.1 Å². The van der Waals surface area contributed by atoms with Gasteiger partial charge in [0.1, 0.15) is 5.69 Å². The number of hydrogen-bond donors (Lipinski definition) is 2. The van der Waals surface area contributed by atoms with Gasteiger partial charge in [-0.25, -0.2) is 5.06 Å². The van der Waals surface area contributed by atoms with Crippen LogP contribution >= 0.6 is 0 Å². The predicted molar refractivity (Wildman–Crippen MR) is 81.2 cm³/mol. The number of carbonyl (C=O) groups excluding carboxylic acids is 2. The number of rotatable bonds is 3. The van der Waals surface area contributed by atoms with Gasteiger partial charge in [-0.3, -0.25) is 24.8 Å². The first kappa shape index (κ1) is 15.6. The van der Waals surface area contributed by atoms with Crippen LogP contribution in [-0.2, 0) is 4.79 Å². The first-order valence-corrected chi connectivity index (χ1v) is 6.81. The highest BCUT2D eigenvalue weighted by atomic mass is 16.5. The van der Waals surface area contributed by atoms with E-state index in [1.165, 1.54) is 36.7 Å². The number of hydroxylamine groups is 2. The topological polar surface area (TPSA) is 123 Å². The molecule has 120 valence electrons. The highest BCUT2D eigenvalue weighted by Gasteiger charge is 2.31. The molecule has 1 aliphatic heterocycles. The van der Waals surface area contributed by atoms with Gasteiger partial charge < -0.3 is 5.21 Å². The molecule has 24 heavy (non-hydrogen) atoms. The number of aldehydes is 1. The summed E-state index contributed by atoms with van der Waals surface area (Å²) in [5, 5.41) is 29.5. The Kier molecular flexibility index (Phi) is 4.20. The number of hydrogen-bond acceptors (Lipinski definition) is 7. The number of fused-ring (bicyclic) bond motifs is 1. The van der Waals surface area contributed by atoms with Gasteiger partial charge in [0.25, 0.3) is 11.7 Å². The van der Waals surface area contributed by atoms with Gasteiger partial charge in [-0.05, 0) is 18.2 Å². The summed E-state index contributed by atoms with van der Waals surface area (Å²) in [5.74, 6) is -1.11. The van der Waals surface area contributed by atoms with Gasteiger partial charge in [-0.15, -0.1) is 5.11 Å². The Labute approximate surface area is 135 Å². The van der Waals surface area contributed by atoms with Gasteiger partial charge in [0.05, 0.1) is 0 Å². The minimum absolute atomic E-state index is 0.149. The zero-order chi connectivity index (χ0) is 17.1. The maximum Gasteiger partial charge on any atom is 0.295 e. The van der Waals surface area contributed by atoms with Gasteiger partial charge in [0, 0.05) is 24.0 Å². The molecule has 1 atom stereocenters. The molecule has 0 spiro atoms. The number of pyridine rings is 1. The average Bonchev–Trinajstić information content (AvgIpc) is 2.64. The smallest absolute Gasteiger partial charge is 0.295 e. The summed E-state index contributed by atoms with van der Waals surface area (Å²) in [6.07, 6.45) is 3.10. The SMILES string of the molecule is O=CC1=C(N=NC(=O)c2ccncc2)[NH+]([O-])c2ccccc2N1O. The first-order valence-electron chi connectivity index (χ1n) is 6.81. The number of amides is 1. The molecule has 9 nitrogen and oxygen atoms in total. The molecule has 2 heterocycles. The lowest BCUT2D eigenvalue weighted by Gasteiger charge is -2.31. The number of benzene rings is 1. The molecule has 1 aromatic carbocycles. The fourth-order valence-electron chi connectivity index (χ4n) is 2.17. The number of para-hydroxylation sites is 2. The Hall–Kier alpha value is -3.27. The van der Waals surface area contributed by atoms with Crippen molar-refractivity contribution in [3.8, 4) is 0 Å². The molecule has 0 saturated carbocycles. The van der Waals surface area contributed by atoms with Crippen LogP contribution in [0.25, 0.3) is 0 Å². The molecule has 1 aliphatic rings. The summed E-state index contributed by atoms with van der Waals surface area (Å²) >= 11 is 0. The van der Waals surface area contributed by atoms with Gasteiger partial charge in [-0.2, -0.15) is 0 Å². The monoisotopic (exact) mass is 325 g/mol. The number of quaternary nitrogens is 1. The quantitative estimate of drug-likeness (QED) is 0.492. The van der Waals surface area contributed by atoms with E-state index in [2.05, 4.69) is 15.2 Å². The fourth-order valence-corrected chi connectivity index (χ4v) is 2.17. The lowest BCUT2D eigenvalue weighted by molar-refractivity contribution is -0.733. The largest absolute Gasteiger partial charge is 0.622 e. The zero-order valence-electron chi connectivity index (χ0n) is 12.2. The van der Waals surface area contributed by atoms with E-state index in [4.69, 9.17) is 0 Å². The molecular formula is C15H11N5O4. The summed E-state index contributed by atoms with van der Waals surface area (Å²) in [5.41, 5.74) is 0.149. The lowest BCUT2D eigenvalue weighted by atomic mass is 10.2. The maximum absolute atomic E-state index is 12.5. The number of allylic oxidation sites excluding steroid dienone is 1. The highest BCUT2D eigenvalue weighted by Crippen LogP contribution is 2.28. The van der Waals surface area contributed by atoms with Crippen LogP contribution in [0.4, 0.5) is 11.4 Å². The van der Waals surface area contributed by atoms with E-state index in [1.807, 2.05) is 0 Å². The van der Waals surface area contributed by atoms with Crippen molar-refractivity contribution < 1.29 is 19.9 Å². The number of aromatic nitrogens is 1. The third kappa shape index (κ3) is 2.70. The van der Waals surface area contributed by atoms with Gasteiger partial charge in [-0.1, -0.05) is 17.2 Å². The second kappa shape index (κ2) is 6.46. The summed E-state index contributed by atoms with van der Waals surface area (Å²) in [7, 11) is 0. The van der Waals surface area contributed by atoms with Crippen LogP contribution in [-0.4, -0.2) is 22.4 Å². The van der Waals surface area contributed by atoms with Crippen LogP contribution in [0.15, 0.2) is 70.5 Å². The van der Waals surface area contributed by atoms with E-state index in [-0.39, 0.29) is 28.9 Å². The van der Waals surface area contributed by atoms with Crippen LogP contribution in [0.2, 0.25) is 0 Å². The molecule has 1 aromatic heterocycles. The molecule has 9 heteroatoms.